The number of fused-ring (bicyclic) bond motifs is 2. The molecule has 0 saturated carbocycles. The minimum absolute atomic E-state index is 0. The molecule has 88 valence electrons. The van der Waals surface area contributed by atoms with Crippen LogP contribution in [0.4, 0.5) is 0 Å². The maximum Gasteiger partial charge on any atom is 0.00503 e. The van der Waals surface area contributed by atoms with E-state index in [-0.39, 0.29) is 25.8 Å². The molecule has 1 aromatic rings. The van der Waals surface area contributed by atoms with Crippen molar-refractivity contribution in [3.8, 4) is 0 Å². The predicted molar refractivity (Wildman–Crippen MR) is 69.7 cm³/mol. The van der Waals surface area contributed by atoms with Crippen molar-refractivity contribution in [3.63, 3.8) is 0 Å². The Kier molecular flexibility index (Phi) is 4.07. The molecule has 0 N–H and O–H groups in total. The summed E-state index contributed by atoms with van der Waals surface area (Å²) in [6.07, 6.45) is 10.1. The monoisotopic (exact) mass is 392 g/mol. The molecule has 0 heterocycles. The molecular formula is C16H20Hf. The van der Waals surface area contributed by atoms with Crippen molar-refractivity contribution in [2.45, 2.75) is 45.4 Å². The smallest absolute Gasteiger partial charge is 0.00503 e. The molecule has 0 saturated heterocycles. The third-order valence-corrected chi connectivity index (χ3v) is 4.11. The zero-order valence-electron chi connectivity index (χ0n) is 10.8. The molecule has 1 atom stereocenters. The quantitative estimate of drug-likeness (QED) is 0.626. The average molecular weight is 391 g/mol. The Balaban J connectivity index is 0.00000108. The van der Waals surface area contributed by atoms with Crippen LogP contribution in [-0.2, 0) is 38.7 Å². The van der Waals surface area contributed by atoms with Crippen LogP contribution in [-0.4, -0.2) is 0 Å². The molecule has 1 unspecified atom stereocenters. The van der Waals surface area contributed by atoms with E-state index < -0.39 is 0 Å². The summed E-state index contributed by atoms with van der Waals surface area (Å²) in [5, 5.41) is 0. The van der Waals surface area contributed by atoms with Crippen molar-refractivity contribution < 1.29 is 25.8 Å². The zero-order valence-corrected chi connectivity index (χ0v) is 14.4. The van der Waals surface area contributed by atoms with Crippen LogP contribution in [0, 0.1) is 5.92 Å². The van der Waals surface area contributed by atoms with E-state index in [1.165, 1.54) is 31.2 Å². The Bertz CT molecular complexity index is 443. The fourth-order valence-electron chi connectivity index (χ4n) is 3.15. The van der Waals surface area contributed by atoms with Gasteiger partial charge in [0.1, 0.15) is 0 Å². The molecular weight excluding hydrogens is 371 g/mol. The summed E-state index contributed by atoms with van der Waals surface area (Å²) in [6, 6.07) is 4.94. The summed E-state index contributed by atoms with van der Waals surface area (Å²) in [5.41, 5.74) is 6.30. The van der Waals surface area contributed by atoms with Gasteiger partial charge < -0.3 is 0 Å². The average Bonchev–Trinajstić information content (AvgIpc) is 2.68. The van der Waals surface area contributed by atoms with Crippen LogP contribution in [0.25, 0.3) is 6.08 Å². The van der Waals surface area contributed by atoms with Gasteiger partial charge in [0.05, 0.1) is 0 Å². The van der Waals surface area contributed by atoms with Crippen LogP contribution in [0.2, 0.25) is 0 Å². The minimum Gasteiger partial charge on any atom is -0.0761 e. The SMILES string of the molecule is CC(C)C1C=Cc2cc3c(cc21)CCCC3.[Hf]. The van der Waals surface area contributed by atoms with E-state index in [9.17, 15) is 0 Å². The first-order valence-corrected chi connectivity index (χ1v) is 6.59. The second kappa shape index (κ2) is 5.22. The predicted octanol–water partition coefficient (Wildman–Crippen LogP) is 4.33. The third kappa shape index (κ3) is 2.36. The van der Waals surface area contributed by atoms with Gasteiger partial charge in [-0.25, -0.2) is 0 Å². The topological polar surface area (TPSA) is 0 Å². The van der Waals surface area contributed by atoms with E-state index in [1.54, 1.807) is 16.7 Å². The molecule has 1 aromatic carbocycles. The fourth-order valence-corrected chi connectivity index (χ4v) is 3.15. The minimum atomic E-state index is 0. The van der Waals surface area contributed by atoms with Gasteiger partial charge in [-0.15, -0.1) is 0 Å². The summed E-state index contributed by atoms with van der Waals surface area (Å²) in [6.45, 7) is 4.65. The van der Waals surface area contributed by atoms with Crippen molar-refractivity contribution in [2.24, 2.45) is 5.92 Å². The van der Waals surface area contributed by atoms with E-state index in [1.807, 2.05) is 0 Å². The van der Waals surface area contributed by atoms with Crippen LogP contribution in [0.5, 0.6) is 0 Å². The largest absolute Gasteiger partial charge is 0.0761 e. The number of rotatable bonds is 1. The number of hydrogen-bond acceptors (Lipinski definition) is 0. The maximum absolute atomic E-state index is 2.49. The molecule has 0 nitrogen and oxygen atoms in total. The molecule has 0 bridgehead atoms. The van der Waals surface area contributed by atoms with Crippen LogP contribution in [0.3, 0.4) is 0 Å². The van der Waals surface area contributed by atoms with Crippen LogP contribution >= 0.6 is 0 Å². The van der Waals surface area contributed by atoms with Gasteiger partial charge in [-0.1, -0.05) is 38.1 Å². The molecule has 3 rings (SSSR count). The van der Waals surface area contributed by atoms with E-state index in [0.717, 1.165) is 5.92 Å². The molecule has 0 aromatic heterocycles. The van der Waals surface area contributed by atoms with Crippen LogP contribution in [0.1, 0.15) is 54.9 Å². The molecule has 2 aliphatic rings. The summed E-state index contributed by atoms with van der Waals surface area (Å²) < 4.78 is 0. The number of aryl methyl sites for hydroxylation is 2. The fraction of sp³-hybridized carbons (Fsp3) is 0.500. The number of hydrogen-bond donors (Lipinski definition) is 0. The number of benzene rings is 1. The van der Waals surface area contributed by atoms with Crippen molar-refractivity contribution >= 4 is 6.08 Å². The van der Waals surface area contributed by atoms with Gasteiger partial charge in [-0.2, -0.15) is 0 Å². The van der Waals surface area contributed by atoms with Gasteiger partial charge in [0.15, 0.2) is 0 Å². The molecule has 1 heteroatoms. The molecule has 0 radical (unpaired) electrons. The van der Waals surface area contributed by atoms with E-state index >= 15 is 0 Å². The Hall–Kier alpha value is -0.170. The normalized spacial score (nSPS) is 21.0. The van der Waals surface area contributed by atoms with Gasteiger partial charge >= 0.3 is 0 Å². The summed E-state index contributed by atoms with van der Waals surface area (Å²) >= 11 is 0. The molecule has 0 aliphatic heterocycles. The van der Waals surface area contributed by atoms with Crippen LogP contribution < -0.4 is 0 Å². The van der Waals surface area contributed by atoms with Crippen molar-refractivity contribution in [1.29, 1.82) is 0 Å². The van der Waals surface area contributed by atoms with Crippen LogP contribution in [0.15, 0.2) is 18.2 Å². The summed E-state index contributed by atoms with van der Waals surface area (Å²) in [4.78, 5) is 0. The summed E-state index contributed by atoms with van der Waals surface area (Å²) in [5.74, 6) is 1.38. The summed E-state index contributed by atoms with van der Waals surface area (Å²) in [7, 11) is 0. The van der Waals surface area contributed by atoms with E-state index in [4.69, 9.17) is 0 Å². The molecule has 2 aliphatic carbocycles. The second-order valence-corrected chi connectivity index (χ2v) is 5.59. The van der Waals surface area contributed by atoms with E-state index in [0.29, 0.717) is 5.92 Å². The van der Waals surface area contributed by atoms with Crippen molar-refractivity contribution in [1.82, 2.24) is 0 Å². The first kappa shape index (κ1) is 13.3. The molecule has 0 fully saturated rings. The first-order valence-electron chi connectivity index (χ1n) is 6.59. The van der Waals surface area contributed by atoms with Gasteiger partial charge in [0.2, 0.25) is 0 Å². The van der Waals surface area contributed by atoms with Gasteiger partial charge in [-0.3, -0.25) is 0 Å². The maximum atomic E-state index is 2.49. The van der Waals surface area contributed by atoms with E-state index in [2.05, 4.69) is 38.1 Å². The molecule has 17 heavy (non-hydrogen) atoms. The zero-order chi connectivity index (χ0) is 11.1. The first-order chi connectivity index (χ1) is 7.75. The Morgan fingerprint density at radius 1 is 1.06 bits per heavy atom. The standard InChI is InChI=1S/C16H20.Hf/c1-11(2)15-8-7-14-9-12-5-3-4-6-13(12)10-16(14)15;/h7-11,15H,3-6H2,1-2H3;. The van der Waals surface area contributed by atoms with Crippen molar-refractivity contribution in [3.05, 3.63) is 40.5 Å². The van der Waals surface area contributed by atoms with Gasteiger partial charge in [0, 0.05) is 31.8 Å². The van der Waals surface area contributed by atoms with Crippen molar-refractivity contribution in [2.75, 3.05) is 0 Å². The number of allylic oxidation sites excluding steroid dienone is 1. The molecule has 0 spiro atoms. The Labute approximate surface area is 123 Å². The second-order valence-electron chi connectivity index (χ2n) is 5.59. The molecule has 0 amide bonds. The third-order valence-electron chi connectivity index (χ3n) is 4.11. The van der Waals surface area contributed by atoms with Gasteiger partial charge in [-0.05, 0) is 53.9 Å². The Morgan fingerprint density at radius 2 is 1.71 bits per heavy atom. The Morgan fingerprint density at radius 3 is 2.35 bits per heavy atom. The van der Waals surface area contributed by atoms with Gasteiger partial charge in [0.25, 0.3) is 0 Å².